The molecule has 0 aliphatic rings. The number of hydrogen-bond donors (Lipinski definition) is 1. The van der Waals surface area contributed by atoms with Gasteiger partial charge in [-0.15, -0.1) is 0 Å². The van der Waals surface area contributed by atoms with Crippen LogP contribution in [0.5, 0.6) is 0 Å². The number of nitrogens with two attached hydrogens (primary N) is 1. The Hall–Kier alpha value is -1.68. The maximum atomic E-state index is 6.33. The van der Waals surface area contributed by atoms with Gasteiger partial charge in [-0.2, -0.15) is 5.10 Å². The van der Waals surface area contributed by atoms with Crippen LogP contribution in [0.4, 0.5) is 0 Å². The highest BCUT2D eigenvalue weighted by atomic mass is 15.3. The van der Waals surface area contributed by atoms with E-state index < -0.39 is 0 Å². The van der Waals surface area contributed by atoms with E-state index in [0.717, 1.165) is 36.2 Å². The second kappa shape index (κ2) is 5.97. The Morgan fingerprint density at radius 3 is 2.79 bits per heavy atom. The Labute approximate surface area is 114 Å². The standard InChI is InChI=1S/C15H22N4/c1-4-12-8-13(19(5-2)18-12)9-15(16)14-6-7-17-10-11(14)3/h6-8,10,15H,4-5,9,16H2,1-3H3. The van der Waals surface area contributed by atoms with Crippen LogP contribution in [0.2, 0.25) is 0 Å². The molecule has 0 aromatic carbocycles. The third-order valence-electron chi connectivity index (χ3n) is 3.47. The van der Waals surface area contributed by atoms with Crippen molar-refractivity contribution in [3.8, 4) is 0 Å². The Kier molecular flexibility index (Phi) is 4.32. The first-order chi connectivity index (χ1) is 9.15. The van der Waals surface area contributed by atoms with E-state index in [-0.39, 0.29) is 6.04 Å². The largest absolute Gasteiger partial charge is 0.324 e. The molecule has 2 heterocycles. The molecule has 0 aliphatic heterocycles. The van der Waals surface area contributed by atoms with Crippen LogP contribution >= 0.6 is 0 Å². The Morgan fingerprint density at radius 1 is 1.37 bits per heavy atom. The van der Waals surface area contributed by atoms with Crippen molar-refractivity contribution < 1.29 is 0 Å². The molecular formula is C15H22N4. The Morgan fingerprint density at radius 2 is 2.16 bits per heavy atom. The van der Waals surface area contributed by atoms with E-state index in [4.69, 9.17) is 5.73 Å². The van der Waals surface area contributed by atoms with Gasteiger partial charge < -0.3 is 5.73 Å². The summed E-state index contributed by atoms with van der Waals surface area (Å²) in [5.74, 6) is 0. The van der Waals surface area contributed by atoms with E-state index in [9.17, 15) is 0 Å². The van der Waals surface area contributed by atoms with Crippen molar-refractivity contribution in [2.24, 2.45) is 5.73 Å². The molecule has 0 saturated carbocycles. The molecule has 0 amide bonds. The lowest BCUT2D eigenvalue weighted by atomic mass is 10.00. The second-order valence-electron chi connectivity index (χ2n) is 4.84. The van der Waals surface area contributed by atoms with Gasteiger partial charge in [0.1, 0.15) is 0 Å². The van der Waals surface area contributed by atoms with Gasteiger partial charge in [-0.1, -0.05) is 6.92 Å². The lowest BCUT2D eigenvalue weighted by Crippen LogP contribution is -2.17. The highest BCUT2D eigenvalue weighted by Crippen LogP contribution is 2.19. The minimum atomic E-state index is -0.00490. The quantitative estimate of drug-likeness (QED) is 0.896. The topological polar surface area (TPSA) is 56.7 Å². The van der Waals surface area contributed by atoms with Gasteiger partial charge in [0.2, 0.25) is 0 Å². The van der Waals surface area contributed by atoms with Crippen LogP contribution < -0.4 is 5.73 Å². The molecule has 0 radical (unpaired) electrons. The molecule has 102 valence electrons. The van der Waals surface area contributed by atoms with Crippen molar-refractivity contribution >= 4 is 0 Å². The number of nitrogens with zero attached hydrogens (tertiary/aromatic N) is 3. The molecule has 0 spiro atoms. The van der Waals surface area contributed by atoms with Crippen LogP contribution in [-0.2, 0) is 19.4 Å². The third kappa shape index (κ3) is 3.01. The van der Waals surface area contributed by atoms with Gasteiger partial charge in [-0.3, -0.25) is 9.67 Å². The van der Waals surface area contributed by atoms with Crippen LogP contribution in [0.15, 0.2) is 24.5 Å². The van der Waals surface area contributed by atoms with Crippen molar-refractivity contribution in [1.82, 2.24) is 14.8 Å². The maximum absolute atomic E-state index is 6.33. The first kappa shape index (κ1) is 13.7. The van der Waals surface area contributed by atoms with Gasteiger partial charge in [-0.25, -0.2) is 0 Å². The summed E-state index contributed by atoms with van der Waals surface area (Å²) in [7, 11) is 0. The maximum Gasteiger partial charge on any atom is 0.0624 e. The van der Waals surface area contributed by atoms with Crippen molar-refractivity contribution in [1.29, 1.82) is 0 Å². The SMILES string of the molecule is CCc1cc(CC(N)c2ccncc2C)n(CC)n1. The molecule has 0 aliphatic carbocycles. The molecule has 2 aromatic heterocycles. The molecule has 19 heavy (non-hydrogen) atoms. The summed E-state index contributed by atoms with van der Waals surface area (Å²) in [6.07, 6.45) is 5.44. The Balaban J connectivity index is 2.21. The average Bonchev–Trinajstić information content (AvgIpc) is 2.81. The fourth-order valence-corrected chi connectivity index (χ4v) is 2.36. The highest BCUT2D eigenvalue weighted by Gasteiger charge is 2.13. The lowest BCUT2D eigenvalue weighted by molar-refractivity contribution is 0.584. The molecule has 2 N–H and O–H groups in total. The zero-order valence-electron chi connectivity index (χ0n) is 11.9. The van der Waals surface area contributed by atoms with Crippen LogP contribution in [0.3, 0.4) is 0 Å². The summed E-state index contributed by atoms with van der Waals surface area (Å²) in [6.45, 7) is 7.17. The van der Waals surface area contributed by atoms with E-state index >= 15 is 0 Å². The molecule has 0 bridgehead atoms. The smallest absolute Gasteiger partial charge is 0.0624 e. The molecule has 2 aromatic rings. The lowest BCUT2D eigenvalue weighted by Gasteiger charge is -2.14. The summed E-state index contributed by atoms with van der Waals surface area (Å²) in [5, 5.41) is 4.57. The molecule has 2 rings (SSSR count). The normalized spacial score (nSPS) is 12.6. The van der Waals surface area contributed by atoms with Gasteiger partial charge in [-0.05, 0) is 43.5 Å². The van der Waals surface area contributed by atoms with Crippen LogP contribution in [0.1, 0.15) is 42.4 Å². The highest BCUT2D eigenvalue weighted by molar-refractivity contribution is 5.26. The van der Waals surface area contributed by atoms with Crippen molar-refractivity contribution in [2.75, 3.05) is 0 Å². The van der Waals surface area contributed by atoms with Crippen LogP contribution in [0.25, 0.3) is 0 Å². The second-order valence-corrected chi connectivity index (χ2v) is 4.84. The van der Waals surface area contributed by atoms with Gasteiger partial charge in [0.25, 0.3) is 0 Å². The van der Waals surface area contributed by atoms with E-state index in [1.54, 1.807) is 6.20 Å². The van der Waals surface area contributed by atoms with Crippen LogP contribution in [-0.4, -0.2) is 14.8 Å². The summed E-state index contributed by atoms with van der Waals surface area (Å²) in [6, 6.07) is 4.17. The molecular weight excluding hydrogens is 236 g/mol. The van der Waals surface area contributed by atoms with E-state index in [1.807, 2.05) is 12.3 Å². The molecule has 4 nitrogen and oxygen atoms in total. The first-order valence-corrected chi connectivity index (χ1v) is 6.87. The number of aromatic nitrogens is 3. The summed E-state index contributed by atoms with van der Waals surface area (Å²) in [5.41, 5.74) is 11.0. The van der Waals surface area contributed by atoms with E-state index in [0.29, 0.717) is 0 Å². The number of pyridine rings is 1. The minimum Gasteiger partial charge on any atom is -0.324 e. The molecule has 0 fully saturated rings. The van der Waals surface area contributed by atoms with Gasteiger partial charge in [0, 0.05) is 37.1 Å². The van der Waals surface area contributed by atoms with Gasteiger partial charge in [0.15, 0.2) is 0 Å². The average molecular weight is 258 g/mol. The molecule has 0 saturated heterocycles. The molecule has 4 heteroatoms. The van der Waals surface area contributed by atoms with Crippen molar-refractivity contribution in [2.45, 2.75) is 46.2 Å². The summed E-state index contributed by atoms with van der Waals surface area (Å²) >= 11 is 0. The third-order valence-corrected chi connectivity index (χ3v) is 3.47. The van der Waals surface area contributed by atoms with Gasteiger partial charge >= 0.3 is 0 Å². The van der Waals surface area contributed by atoms with E-state index in [1.165, 1.54) is 5.69 Å². The fraction of sp³-hybridized carbons (Fsp3) is 0.467. The summed E-state index contributed by atoms with van der Waals surface area (Å²) < 4.78 is 2.05. The summed E-state index contributed by atoms with van der Waals surface area (Å²) in [4.78, 5) is 4.11. The number of hydrogen-bond acceptors (Lipinski definition) is 3. The monoisotopic (exact) mass is 258 g/mol. The van der Waals surface area contributed by atoms with E-state index in [2.05, 4.69) is 41.6 Å². The fourth-order valence-electron chi connectivity index (χ4n) is 2.36. The first-order valence-electron chi connectivity index (χ1n) is 6.87. The Bertz CT molecular complexity index is 545. The number of rotatable bonds is 5. The number of aryl methyl sites for hydroxylation is 3. The predicted molar refractivity (Wildman–Crippen MR) is 76.9 cm³/mol. The van der Waals surface area contributed by atoms with Crippen LogP contribution in [0, 0.1) is 6.92 Å². The zero-order valence-corrected chi connectivity index (χ0v) is 11.9. The van der Waals surface area contributed by atoms with Crippen molar-refractivity contribution in [3.63, 3.8) is 0 Å². The predicted octanol–water partition coefficient (Wildman–Crippen LogP) is 2.41. The van der Waals surface area contributed by atoms with Gasteiger partial charge in [0.05, 0.1) is 5.69 Å². The zero-order chi connectivity index (χ0) is 13.8. The molecule has 1 atom stereocenters. The molecule has 1 unspecified atom stereocenters. The van der Waals surface area contributed by atoms with Crippen molar-refractivity contribution in [3.05, 3.63) is 47.0 Å². The minimum absolute atomic E-state index is 0.00490.